The van der Waals surface area contributed by atoms with Gasteiger partial charge in [0.15, 0.2) is 0 Å². The van der Waals surface area contributed by atoms with Gasteiger partial charge in [0.2, 0.25) is 5.91 Å². The SMILES string of the molecule is CC(C)Oc1ccccc1CC(=O)N1CCC(C(=O)O)C(C)C1. The highest BCUT2D eigenvalue weighted by Gasteiger charge is 2.33. The van der Waals surface area contributed by atoms with Gasteiger partial charge < -0.3 is 14.7 Å². The number of rotatable bonds is 5. The van der Waals surface area contributed by atoms with E-state index in [1.165, 1.54) is 0 Å². The number of para-hydroxylation sites is 1. The number of nitrogens with zero attached hydrogens (tertiary/aromatic N) is 1. The molecule has 0 saturated carbocycles. The normalized spacial score (nSPS) is 21.3. The van der Waals surface area contributed by atoms with Crippen LogP contribution < -0.4 is 4.74 Å². The monoisotopic (exact) mass is 319 g/mol. The number of carboxylic acid groups (broad SMARTS) is 1. The number of likely N-dealkylation sites (tertiary alicyclic amines) is 1. The number of aliphatic carboxylic acids is 1. The van der Waals surface area contributed by atoms with Crippen LogP contribution in [0.25, 0.3) is 0 Å². The molecule has 126 valence electrons. The van der Waals surface area contributed by atoms with Gasteiger partial charge in [-0.2, -0.15) is 0 Å². The lowest BCUT2D eigenvalue weighted by Crippen LogP contribution is -2.45. The summed E-state index contributed by atoms with van der Waals surface area (Å²) >= 11 is 0. The van der Waals surface area contributed by atoms with Crippen LogP contribution in [0.1, 0.15) is 32.8 Å². The van der Waals surface area contributed by atoms with Crippen LogP contribution in [0, 0.1) is 11.8 Å². The van der Waals surface area contributed by atoms with Crippen LogP contribution in [-0.4, -0.2) is 41.1 Å². The molecule has 1 amide bonds. The number of amides is 1. The first-order valence-corrected chi connectivity index (χ1v) is 8.13. The van der Waals surface area contributed by atoms with Crippen LogP contribution in [0.2, 0.25) is 0 Å². The second kappa shape index (κ2) is 7.49. The largest absolute Gasteiger partial charge is 0.491 e. The molecule has 23 heavy (non-hydrogen) atoms. The van der Waals surface area contributed by atoms with Crippen LogP contribution in [0.15, 0.2) is 24.3 Å². The van der Waals surface area contributed by atoms with E-state index in [4.69, 9.17) is 9.84 Å². The average molecular weight is 319 g/mol. The van der Waals surface area contributed by atoms with E-state index in [-0.39, 0.29) is 30.3 Å². The van der Waals surface area contributed by atoms with Crippen LogP contribution in [0.5, 0.6) is 5.75 Å². The molecule has 1 aromatic rings. The molecule has 0 radical (unpaired) electrons. The van der Waals surface area contributed by atoms with Gasteiger partial charge in [-0.25, -0.2) is 0 Å². The summed E-state index contributed by atoms with van der Waals surface area (Å²) in [6.07, 6.45) is 0.859. The van der Waals surface area contributed by atoms with Gasteiger partial charge in [0.1, 0.15) is 5.75 Å². The quantitative estimate of drug-likeness (QED) is 0.906. The molecule has 1 aliphatic heterocycles. The highest BCUT2D eigenvalue weighted by atomic mass is 16.5. The standard InChI is InChI=1S/C18H25NO4/c1-12(2)23-16-7-5-4-6-14(16)10-17(20)19-9-8-15(18(21)22)13(3)11-19/h4-7,12-13,15H,8-11H2,1-3H3,(H,21,22). The number of carbonyl (C=O) groups excluding carboxylic acids is 1. The molecule has 5 nitrogen and oxygen atoms in total. The molecule has 1 heterocycles. The Morgan fingerprint density at radius 1 is 1.35 bits per heavy atom. The number of hydrogen-bond donors (Lipinski definition) is 1. The third-order valence-electron chi connectivity index (χ3n) is 4.25. The number of benzene rings is 1. The molecular weight excluding hydrogens is 294 g/mol. The summed E-state index contributed by atoms with van der Waals surface area (Å²) in [5.74, 6) is -0.368. The lowest BCUT2D eigenvalue weighted by Gasteiger charge is -2.35. The Kier molecular flexibility index (Phi) is 5.64. The zero-order valence-electron chi connectivity index (χ0n) is 14.0. The molecule has 1 aromatic carbocycles. The van der Waals surface area contributed by atoms with E-state index in [1.54, 1.807) is 4.90 Å². The summed E-state index contributed by atoms with van der Waals surface area (Å²) in [5, 5.41) is 9.17. The van der Waals surface area contributed by atoms with E-state index >= 15 is 0 Å². The van der Waals surface area contributed by atoms with Gasteiger partial charge in [-0.15, -0.1) is 0 Å². The van der Waals surface area contributed by atoms with Crippen molar-refractivity contribution in [2.75, 3.05) is 13.1 Å². The van der Waals surface area contributed by atoms with Crippen molar-refractivity contribution >= 4 is 11.9 Å². The highest BCUT2D eigenvalue weighted by molar-refractivity contribution is 5.80. The molecule has 0 spiro atoms. The highest BCUT2D eigenvalue weighted by Crippen LogP contribution is 2.25. The summed E-state index contributed by atoms with van der Waals surface area (Å²) in [6.45, 7) is 6.82. The smallest absolute Gasteiger partial charge is 0.306 e. The Morgan fingerprint density at radius 3 is 2.65 bits per heavy atom. The van der Waals surface area contributed by atoms with Gasteiger partial charge in [-0.05, 0) is 32.3 Å². The summed E-state index contributed by atoms with van der Waals surface area (Å²) in [7, 11) is 0. The van der Waals surface area contributed by atoms with Crippen molar-refractivity contribution in [2.24, 2.45) is 11.8 Å². The lowest BCUT2D eigenvalue weighted by atomic mass is 9.87. The number of carbonyl (C=O) groups is 2. The minimum atomic E-state index is -0.764. The second-order valence-corrected chi connectivity index (χ2v) is 6.50. The zero-order chi connectivity index (χ0) is 17.0. The van der Waals surface area contributed by atoms with Gasteiger partial charge in [0.05, 0.1) is 18.4 Å². The Hall–Kier alpha value is -2.04. The number of ether oxygens (including phenoxy) is 1. The summed E-state index contributed by atoms with van der Waals surface area (Å²) in [4.78, 5) is 25.5. The predicted octanol–water partition coefficient (Wildman–Crippen LogP) is 2.59. The minimum absolute atomic E-state index is 0.0210. The van der Waals surface area contributed by atoms with E-state index in [2.05, 4.69) is 0 Å². The van der Waals surface area contributed by atoms with Gasteiger partial charge >= 0.3 is 5.97 Å². The second-order valence-electron chi connectivity index (χ2n) is 6.50. The third-order valence-corrected chi connectivity index (χ3v) is 4.25. The summed E-state index contributed by atoms with van der Waals surface area (Å²) < 4.78 is 5.75. The molecule has 1 fully saturated rings. The van der Waals surface area contributed by atoms with E-state index in [9.17, 15) is 9.59 Å². The zero-order valence-corrected chi connectivity index (χ0v) is 14.0. The Morgan fingerprint density at radius 2 is 2.04 bits per heavy atom. The first kappa shape index (κ1) is 17.3. The average Bonchev–Trinajstić information content (AvgIpc) is 2.48. The Balaban J connectivity index is 2.02. The molecule has 1 N–H and O–H groups in total. The third kappa shape index (κ3) is 4.47. The van der Waals surface area contributed by atoms with Crippen LogP contribution in [-0.2, 0) is 16.0 Å². The molecule has 5 heteroatoms. The van der Waals surface area contributed by atoms with Crippen molar-refractivity contribution in [3.05, 3.63) is 29.8 Å². The predicted molar refractivity (Wildman–Crippen MR) is 87.4 cm³/mol. The maximum Gasteiger partial charge on any atom is 0.306 e. The minimum Gasteiger partial charge on any atom is -0.491 e. The van der Waals surface area contributed by atoms with Crippen molar-refractivity contribution in [2.45, 2.75) is 39.7 Å². The van der Waals surface area contributed by atoms with Crippen molar-refractivity contribution in [1.82, 2.24) is 4.90 Å². The number of carboxylic acids is 1. The molecule has 0 aromatic heterocycles. The fourth-order valence-electron chi connectivity index (χ4n) is 3.03. The molecule has 2 unspecified atom stereocenters. The molecule has 2 atom stereocenters. The molecular formula is C18H25NO4. The Labute approximate surface area is 137 Å². The van der Waals surface area contributed by atoms with Crippen LogP contribution >= 0.6 is 0 Å². The molecule has 0 aliphatic carbocycles. The summed E-state index contributed by atoms with van der Waals surface area (Å²) in [5.41, 5.74) is 0.874. The maximum atomic E-state index is 12.6. The van der Waals surface area contributed by atoms with E-state index < -0.39 is 5.97 Å². The van der Waals surface area contributed by atoms with E-state index in [1.807, 2.05) is 45.0 Å². The van der Waals surface area contributed by atoms with Crippen molar-refractivity contribution < 1.29 is 19.4 Å². The van der Waals surface area contributed by atoms with Gasteiger partial charge in [-0.1, -0.05) is 25.1 Å². The fraction of sp³-hybridized carbons (Fsp3) is 0.556. The first-order valence-electron chi connectivity index (χ1n) is 8.13. The fourth-order valence-corrected chi connectivity index (χ4v) is 3.03. The van der Waals surface area contributed by atoms with Crippen molar-refractivity contribution in [3.63, 3.8) is 0 Å². The van der Waals surface area contributed by atoms with Crippen molar-refractivity contribution in [1.29, 1.82) is 0 Å². The van der Waals surface area contributed by atoms with E-state index in [0.29, 0.717) is 19.5 Å². The maximum absolute atomic E-state index is 12.6. The number of hydrogen-bond acceptors (Lipinski definition) is 3. The van der Waals surface area contributed by atoms with Crippen LogP contribution in [0.3, 0.4) is 0 Å². The van der Waals surface area contributed by atoms with Gasteiger partial charge in [-0.3, -0.25) is 9.59 Å². The van der Waals surface area contributed by atoms with E-state index in [0.717, 1.165) is 11.3 Å². The molecule has 0 bridgehead atoms. The molecule has 1 saturated heterocycles. The summed E-state index contributed by atoms with van der Waals surface area (Å²) in [6, 6.07) is 7.58. The topological polar surface area (TPSA) is 66.8 Å². The van der Waals surface area contributed by atoms with Gasteiger partial charge in [0, 0.05) is 18.7 Å². The van der Waals surface area contributed by atoms with Crippen molar-refractivity contribution in [3.8, 4) is 5.75 Å². The molecule has 1 aliphatic rings. The number of piperidine rings is 1. The first-order chi connectivity index (χ1) is 10.9. The van der Waals surface area contributed by atoms with Crippen LogP contribution in [0.4, 0.5) is 0 Å². The Bertz CT molecular complexity index is 570. The molecule has 2 rings (SSSR count). The lowest BCUT2D eigenvalue weighted by molar-refractivity contribution is -0.148. The van der Waals surface area contributed by atoms with Gasteiger partial charge in [0.25, 0.3) is 0 Å².